The molecule has 3 rings (SSSR count). The Kier molecular flexibility index (Phi) is 6.34. The number of carbonyl (C=O) groups is 3. The minimum absolute atomic E-state index is 0.166. The number of nitrogens with zero attached hydrogens (tertiary/aromatic N) is 1. The molecule has 1 aromatic heterocycles. The maximum absolute atomic E-state index is 11.6. The van der Waals surface area contributed by atoms with E-state index in [1.807, 2.05) is 10.6 Å². The highest BCUT2D eigenvalue weighted by Crippen LogP contribution is 2.31. The molecular formula is C17H22N2O8. The Balaban J connectivity index is 0.000000195. The summed E-state index contributed by atoms with van der Waals surface area (Å²) in [5.41, 5.74) is -1.35. The van der Waals surface area contributed by atoms with E-state index in [-0.39, 0.29) is 5.56 Å². The van der Waals surface area contributed by atoms with E-state index in [0.717, 1.165) is 19.6 Å². The van der Waals surface area contributed by atoms with Crippen LogP contribution in [0.25, 0.3) is 0 Å². The minimum atomic E-state index is -2.74. The average molecular weight is 382 g/mol. The normalized spacial score (nSPS) is 20.6. The molecule has 2 unspecified atom stereocenters. The van der Waals surface area contributed by atoms with E-state index in [2.05, 4.69) is 11.4 Å². The maximum atomic E-state index is 11.6. The van der Waals surface area contributed by atoms with Crippen LogP contribution in [0.3, 0.4) is 0 Å². The topological polar surface area (TPSA) is 166 Å². The first-order chi connectivity index (χ1) is 12.6. The summed E-state index contributed by atoms with van der Waals surface area (Å²) in [6.07, 6.45) is -1.04. The van der Waals surface area contributed by atoms with Crippen LogP contribution in [0.2, 0.25) is 0 Å². The molecule has 1 aromatic rings. The van der Waals surface area contributed by atoms with E-state index in [1.165, 1.54) is 12.1 Å². The van der Waals surface area contributed by atoms with E-state index < -0.39 is 36.4 Å². The number of piperidine rings is 1. The summed E-state index contributed by atoms with van der Waals surface area (Å²) in [6, 6.07) is 5.64. The molecule has 5 N–H and O–H groups in total. The molecule has 148 valence electrons. The lowest BCUT2D eigenvalue weighted by Gasteiger charge is -2.37. The second kappa shape index (κ2) is 8.31. The number of aliphatic hydroxyl groups is 1. The Labute approximate surface area is 154 Å². The summed E-state index contributed by atoms with van der Waals surface area (Å²) >= 11 is 0. The zero-order valence-corrected chi connectivity index (χ0v) is 14.5. The lowest BCUT2D eigenvalue weighted by molar-refractivity contribution is -0.170. The molecule has 0 radical (unpaired) electrons. The lowest BCUT2D eigenvalue weighted by atomic mass is 9.84. The van der Waals surface area contributed by atoms with E-state index in [9.17, 15) is 19.2 Å². The molecule has 1 saturated heterocycles. The van der Waals surface area contributed by atoms with Crippen LogP contribution >= 0.6 is 0 Å². The van der Waals surface area contributed by atoms with Crippen molar-refractivity contribution < 1.29 is 34.8 Å². The minimum Gasteiger partial charge on any atom is -0.481 e. The number of aromatic nitrogens is 1. The van der Waals surface area contributed by atoms with Gasteiger partial charge in [-0.3, -0.25) is 14.4 Å². The monoisotopic (exact) mass is 382 g/mol. The van der Waals surface area contributed by atoms with E-state index >= 15 is 0 Å². The van der Waals surface area contributed by atoms with Gasteiger partial charge in [0.05, 0.1) is 12.8 Å². The first-order valence-corrected chi connectivity index (χ1v) is 8.42. The zero-order valence-electron chi connectivity index (χ0n) is 14.5. The molecule has 27 heavy (non-hydrogen) atoms. The first-order valence-electron chi connectivity index (χ1n) is 8.42. The van der Waals surface area contributed by atoms with Gasteiger partial charge >= 0.3 is 17.9 Å². The fraction of sp³-hybridized carbons (Fsp3) is 0.529. The Morgan fingerprint density at radius 1 is 1.11 bits per heavy atom. The molecule has 0 aromatic carbocycles. The quantitative estimate of drug-likeness (QED) is 0.443. The smallest absolute Gasteiger partial charge is 0.336 e. The van der Waals surface area contributed by atoms with Crippen molar-refractivity contribution in [2.24, 2.45) is 5.92 Å². The predicted molar refractivity (Wildman–Crippen MR) is 91.5 cm³/mol. The van der Waals surface area contributed by atoms with Gasteiger partial charge in [0, 0.05) is 30.8 Å². The first kappa shape index (κ1) is 20.6. The highest BCUT2D eigenvalue weighted by molar-refractivity contribution is 5.88. The standard InChI is InChI=1S/C11H14N2O.C6H8O7/c14-11-3-1-2-10-9-4-8(5-12-6-9)7-13(10)11;7-3(8)1-6(13,5(11)12)2-4(9)10/h1-3,8-9,12H,4-7H2;13H,1-2H2,(H,7,8)(H,9,10)(H,11,12). The average Bonchev–Trinajstić information content (AvgIpc) is 2.55. The molecule has 10 heteroatoms. The lowest BCUT2D eigenvalue weighted by Crippen LogP contribution is -2.44. The Morgan fingerprint density at radius 3 is 2.30 bits per heavy atom. The second-order valence-corrected chi connectivity index (χ2v) is 6.83. The van der Waals surface area contributed by atoms with Gasteiger partial charge in [0.1, 0.15) is 0 Å². The molecule has 1 fully saturated rings. The Hall–Kier alpha value is -2.72. The number of rotatable bonds is 5. The van der Waals surface area contributed by atoms with Gasteiger partial charge in [0.25, 0.3) is 5.56 Å². The van der Waals surface area contributed by atoms with Gasteiger partial charge in [0.2, 0.25) is 0 Å². The molecule has 2 atom stereocenters. The fourth-order valence-electron chi connectivity index (χ4n) is 3.46. The molecule has 0 saturated carbocycles. The van der Waals surface area contributed by atoms with Crippen LogP contribution in [0.15, 0.2) is 23.0 Å². The van der Waals surface area contributed by atoms with Crippen molar-refractivity contribution in [2.45, 2.75) is 37.3 Å². The zero-order chi connectivity index (χ0) is 20.2. The third-order valence-electron chi connectivity index (χ3n) is 4.67. The van der Waals surface area contributed by atoms with Crippen LogP contribution < -0.4 is 10.9 Å². The van der Waals surface area contributed by atoms with Gasteiger partial charge in [-0.1, -0.05) is 6.07 Å². The number of pyridine rings is 1. The molecular weight excluding hydrogens is 360 g/mol. The van der Waals surface area contributed by atoms with Crippen molar-refractivity contribution in [2.75, 3.05) is 13.1 Å². The SMILES string of the molecule is O=C(O)CC(O)(CC(=O)O)C(=O)O.O=c1cccc2n1CC1CNCC2C1. The van der Waals surface area contributed by atoms with E-state index in [1.54, 1.807) is 6.07 Å². The summed E-state index contributed by atoms with van der Waals surface area (Å²) in [4.78, 5) is 42.1. The summed E-state index contributed by atoms with van der Waals surface area (Å²) in [5.74, 6) is -3.81. The van der Waals surface area contributed by atoms with Crippen molar-refractivity contribution in [3.8, 4) is 0 Å². The van der Waals surface area contributed by atoms with Crippen molar-refractivity contribution in [1.82, 2.24) is 9.88 Å². The van der Waals surface area contributed by atoms with Crippen LogP contribution in [0.1, 0.15) is 30.9 Å². The molecule has 3 heterocycles. The van der Waals surface area contributed by atoms with Crippen molar-refractivity contribution in [3.63, 3.8) is 0 Å². The van der Waals surface area contributed by atoms with Crippen LogP contribution in [-0.4, -0.2) is 61.6 Å². The largest absolute Gasteiger partial charge is 0.481 e. The van der Waals surface area contributed by atoms with Gasteiger partial charge in [-0.05, 0) is 24.9 Å². The number of nitrogens with one attached hydrogen (secondary N) is 1. The number of aliphatic carboxylic acids is 3. The van der Waals surface area contributed by atoms with Gasteiger partial charge < -0.3 is 30.3 Å². The van der Waals surface area contributed by atoms with Crippen molar-refractivity contribution in [1.29, 1.82) is 0 Å². The highest BCUT2D eigenvalue weighted by atomic mass is 16.4. The number of hydrogen-bond acceptors (Lipinski definition) is 6. The molecule has 10 nitrogen and oxygen atoms in total. The van der Waals surface area contributed by atoms with Gasteiger partial charge in [0.15, 0.2) is 5.60 Å². The van der Waals surface area contributed by atoms with E-state index in [4.69, 9.17) is 20.4 Å². The molecule has 2 aliphatic rings. The van der Waals surface area contributed by atoms with Crippen LogP contribution in [0, 0.1) is 5.92 Å². The van der Waals surface area contributed by atoms with Crippen LogP contribution in [0.4, 0.5) is 0 Å². The molecule has 0 spiro atoms. The van der Waals surface area contributed by atoms with Gasteiger partial charge in [-0.2, -0.15) is 0 Å². The molecule has 0 amide bonds. The van der Waals surface area contributed by atoms with E-state index in [0.29, 0.717) is 11.8 Å². The second-order valence-electron chi connectivity index (χ2n) is 6.83. The highest BCUT2D eigenvalue weighted by Gasteiger charge is 2.40. The number of hydrogen-bond donors (Lipinski definition) is 5. The Bertz CT molecular complexity index is 771. The summed E-state index contributed by atoms with van der Waals surface area (Å²) in [7, 11) is 0. The number of carboxylic acids is 3. The number of fused-ring (bicyclic) bond motifs is 4. The van der Waals surface area contributed by atoms with Gasteiger partial charge in [-0.25, -0.2) is 4.79 Å². The summed E-state index contributed by atoms with van der Waals surface area (Å²) in [6.45, 7) is 3.00. The fourth-order valence-corrected chi connectivity index (χ4v) is 3.46. The summed E-state index contributed by atoms with van der Waals surface area (Å²) < 4.78 is 1.96. The predicted octanol–water partition coefficient (Wildman–Crippen LogP) is -0.693. The summed E-state index contributed by atoms with van der Waals surface area (Å²) in [5, 5.41) is 37.2. The molecule has 2 bridgehead atoms. The van der Waals surface area contributed by atoms with Crippen molar-refractivity contribution >= 4 is 17.9 Å². The molecule has 2 aliphatic heterocycles. The third kappa shape index (κ3) is 5.14. The van der Waals surface area contributed by atoms with Crippen molar-refractivity contribution in [3.05, 3.63) is 34.2 Å². The Morgan fingerprint density at radius 2 is 1.74 bits per heavy atom. The number of carboxylic acid groups (broad SMARTS) is 3. The maximum Gasteiger partial charge on any atom is 0.336 e. The van der Waals surface area contributed by atoms with Crippen LogP contribution in [-0.2, 0) is 20.9 Å². The van der Waals surface area contributed by atoms with Gasteiger partial charge in [-0.15, -0.1) is 0 Å². The molecule has 0 aliphatic carbocycles. The third-order valence-corrected chi connectivity index (χ3v) is 4.67. The van der Waals surface area contributed by atoms with Crippen LogP contribution in [0.5, 0.6) is 0 Å².